The lowest BCUT2D eigenvalue weighted by atomic mass is 10.1. The highest BCUT2D eigenvalue weighted by Gasteiger charge is 2.39. The first-order valence-electron chi connectivity index (χ1n) is 5.43. The number of rotatable bonds is 4. The molecule has 1 aromatic carbocycles. The molecule has 0 radical (unpaired) electrons. The smallest absolute Gasteiger partial charge is 0.404 e. The van der Waals surface area contributed by atoms with E-state index >= 15 is 0 Å². The molecule has 1 fully saturated rings. The molecule has 0 spiro atoms. The van der Waals surface area contributed by atoms with Crippen LogP contribution in [0.4, 0.5) is 4.79 Å². The van der Waals surface area contributed by atoms with Gasteiger partial charge >= 0.3 is 6.09 Å². The Kier molecular flexibility index (Phi) is 2.99. The lowest BCUT2D eigenvalue weighted by Crippen LogP contribution is -2.24. The van der Waals surface area contributed by atoms with Crippen LogP contribution >= 0.6 is 0 Å². The largest absolute Gasteiger partial charge is 0.494 e. The summed E-state index contributed by atoms with van der Waals surface area (Å²) in [6.07, 6.45) is -0.0567. The Morgan fingerprint density at radius 2 is 2.19 bits per heavy atom. The quantitative estimate of drug-likeness (QED) is 0.819. The average molecular weight is 221 g/mol. The van der Waals surface area contributed by atoms with Gasteiger partial charge in [0.25, 0.3) is 0 Å². The van der Waals surface area contributed by atoms with Crippen molar-refractivity contribution >= 4 is 6.09 Å². The predicted octanol–water partition coefficient (Wildman–Crippen LogP) is 2.21. The minimum absolute atomic E-state index is 0.0791. The molecule has 0 aliphatic heterocycles. The summed E-state index contributed by atoms with van der Waals surface area (Å²) in [5, 5.41) is 11.1. The highest BCUT2D eigenvalue weighted by Crippen LogP contribution is 2.41. The summed E-state index contributed by atoms with van der Waals surface area (Å²) in [6, 6.07) is 7.93. The maximum atomic E-state index is 10.4. The van der Waals surface area contributed by atoms with Gasteiger partial charge in [-0.15, -0.1) is 0 Å². The molecule has 2 N–H and O–H groups in total. The third-order valence-corrected chi connectivity index (χ3v) is 2.72. The molecule has 2 atom stereocenters. The van der Waals surface area contributed by atoms with E-state index in [0.717, 1.165) is 12.2 Å². The molecule has 4 heteroatoms. The molecule has 4 nitrogen and oxygen atoms in total. The average Bonchev–Trinajstić information content (AvgIpc) is 2.98. The van der Waals surface area contributed by atoms with Gasteiger partial charge in [0.2, 0.25) is 0 Å². The van der Waals surface area contributed by atoms with Crippen LogP contribution in [0.15, 0.2) is 24.3 Å². The summed E-state index contributed by atoms with van der Waals surface area (Å²) >= 11 is 0. The van der Waals surface area contributed by atoms with Gasteiger partial charge in [-0.05, 0) is 31.0 Å². The molecule has 2 rings (SSSR count). The second-order valence-electron chi connectivity index (χ2n) is 3.90. The van der Waals surface area contributed by atoms with Crippen LogP contribution in [-0.4, -0.2) is 23.8 Å². The zero-order valence-electron chi connectivity index (χ0n) is 9.14. The van der Waals surface area contributed by atoms with Crippen molar-refractivity contribution in [2.45, 2.75) is 25.3 Å². The molecule has 0 aromatic heterocycles. The van der Waals surface area contributed by atoms with E-state index in [0.29, 0.717) is 12.5 Å². The van der Waals surface area contributed by atoms with Crippen molar-refractivity contribution in [1.29, 1.82) is 0 Å². The third-order valence-electron chi connectivity index (χ3n) is 2.72. The fourth-order valence-electron chi connectivity index (χ4n) is 1.86. The second-order valence-corrected chi connectivity index (χ2v) is 3.90. The molecule has 16 heavy (non-hydrogen) atoms. The lowest BCUT2D eigenvalue weighted by Gasteiger charge is -2.04. The minimum Gasteiger partial charge on any atom is -0.494 e. The van der Waals surface area contributed by atoms with Gasteiger partial charge in [0.15, 0.2) is 0 Å². The van der Waals surface area contributed by atoms with Crippen LogP contribution in [-0.2, 0) is 0 Å². The van der Waals surface area contributed by atoms with E-state index in [1.807, 2.05) is 31.2 Å². The van der Waals surface area contributed by atoms with Gasteiger partial charge in [-0.1, -0.05) is 12.1 Å². The fraction of sp³-hybridized carbons (Fsp3) is 0.417. The first-order chi connectivity index (χ1) is 7.70. The van der Waals surface area contributed by atoms with Crippen LogP contribution in [0.2, 0.25) is 0 Å². The molecular weight excluding hydrogens is 206 g/mol. The lowest BCUT2D eigenvalue weighted by molar-refractivity contribution is 0.193. The fourth-order valence-corrected chi connectivity index (χ4v) is 1.86. The second kappa shape index (κ2) is 4.43. The van der Waals surface area contributed by atoms with Gasteiger partial charge in [-0.2, -0.15) is 0 Å². The molecule has 1 aliphatic rings. The van der Waals surface area contributed by atoms with Gasteiger partial charge in [-0.3, -0.25) is 0 Å². The van der Waals surface area contributed by atoms with Crippen LogP contribution in [0, 0.1) is 0 Å². The first kappa shape index (κ1) is 10.8. The number of ether oxygens (including phenoxy) is 1. The van der Waals surface area contributed by atoms with E-state index < -0.39 is 6.09 Å². The monoisotopic (exact) mass is 221 g/mol. The molecule has 86 valence electrons. The molecule has 0 heterocycles. The van der Waals surface area contributed by atoms with E-state index in [4.69, 9.17) is 9.84 Å². The minimum atomic E-state index is -0.946. The summed E-state index contributed by atoms with van der Waals surface area (Å²) in [4.78, 5) is 10.4. The van der Waals surface area contributed by atoms with Crippen molar-refractivity contribution < 1.29 is 14.6 Å². The number of benzene rings is 1. The van der Waals surface area contributed by atoms with Crippen molar-refractivity contribution in [3.05, 3.63) is 29.8 Å². The number of carboxylic acid groups (broad SMARTS) is 1. The Labute approximate surface area is 94.2 Å². The predicted molar refractivity (Wildman–Crippen MR) is 59.9 cm³/mol. The summed E-state index contributed by atoms with van der Waals surface area (Å²) in [6.45, 7) is 2.60. The Hall–Kier alpha value is -1.71. The molecule has 0 unspecified atom stereocenters. The number of carbonyl (C=O) groups is 1. The maximum absolute atomic E-state index is 10.4. The molecule has 1 saturated carbocycles. The summed E-state index contributed by atoms with van der Waals surface area (Å²) in [5.74, 6) is 1.18. The van der Waals surface area contributed by atoms with E-state index in [1.54, 1.807) is 0 Å². The standard InChI is InChI=1S/C12H15NO3/c1-2-16-9-5-3-8(4-6-9)10-7-11(10)13-12(14)15/h3-6,10-11,13H,2,7H2,1H3,(H,14,15)/t10-,11+/m0/s1. The highest BCUT2D eigenvalue weighted by molar-refractivity contribution is 5.65. The third kappa shape index (κ3) is 2.45. The van der Waals surface area contributed by atoms with E-state index in [1.165, 1.54) is 5.56 Å². The van der Waals surface area contributed by atoms with Crippen molar-refractivity contribution in [2.24, 2.45) is 0 Å². The molecular formula is C12H15NO3. The molecule has 1 aliphatic carbocycles. The van der Waals surface area contributed by atoms with Crippen LogP contribution in [0.1, 0.15) is 24.8 Å². The number of hydrogen-bond acceptors (Lipinski definition) is 2. The van der Waals surface area contributed by atoms with Crippen LogP contribution < -0.4 is 10.1 Å². The van der Waals surface area contributed by atoms with Crippen molar-refractivity contribution in [1.82, 2.24) is 5.32 Å². The number of hydrogen-bond donors (Lipinski definition) is 2. The summed E-state index contributed by atoms with van der Waals surface area (Å²) in [5.41, 5.74) is 1.17. The van der Waals surface area contributed by atoms with Crippen molar-refractivity contribution in [3.8, 4) is 5.75 Å². The van der Waals surface area contributed by atoms with E-state index in [9.17, 15) is 4.79 Å². The SMILES string of the molecule is CCOc1ccc([C@@H]2C[C@H]2NC(=O)O)cc1. The normalized spacial score (nSPS) is 22.6. The number of nitrogens with one attached hydrogen (secondary N) is 1. The zero-order valence-corrected chi connectivity index (χ0v) is 9.14. The maximum Gasteiger partial charge on any atom is 0.404 e. The Morgan fingerprint density at radius 3 is 2.75 bits per heavy atom. The molecule has 1 amide bonds. The molecule has 1 aromatic rings. The number of amides is 1. The summed E-state index contributed by atoms with van der Waals surface area (Å²) in [7, 11) is 0. The Balaban J connectivity index is 1.94. The topological polar surface area (TPSA) is 58.6 Å². The summed E-state index contributed by atoms with van der Waals surface area (Å²) < 4.78 is 5.34. The molecule has 0 bridgehead atoms. The van der Waals surface area contributed by atoms with Crippen molar-refractivity contribution in [2.75, 3.05) is 6.61 Å². The van der Waals surface area contributed by atoms with Gasteiger partial charge in [0.1, 0.15) is 5.75 Å². The van der Waals surface area contributed by atoms with Gasteiger partial charge in [-0.25, -0.2) is 4.79 Å². The van der Waals surface area contributed by atoms with Crippen LogP contribution in [0.25, 0.3) is 0 Å². The zero-order chi connectivity index (χ0) is 11.5. The van der Waals surface area contributed by atoms with Gasteiger partial charge in [0, 0.05) is 12.0 Å². The van der Waals surface area contributed by atoms with E-state index in [2.05, 4.69) is 5.32 Å². The Bertz CT molecular complexity index is 374. The Morgan fingerprint density at radius 1 is 1.50 bits per heavy atom. The highest BCUT2D eigenvalue weighted by atomic mass is 16.5. The van der Waals surface area contributed by atoms with Gasteiger partial charge < -0.3 is 15.2 Å². The first-order valence-corrected chi connectivity index (χ1v) is 5.43. The van der Waals surface area contributed by atoms with E-state index in [-0.39, 0.29) is 6.04 Å². The molecule has 0 saturated heterocycles. The van der Waals surface area contributed by atoms with Crippen LogP contribution in [0.3, 0.4) is 0 Å². The van der Waals surface area contributed by atoms with Crippen LogP contribution in [0.5, 0.6) is 5.75 Å². The van der Waals surface area contributed by atoms with Gasteiger partial charge in [0.05, 0.1) is 6.61 Å². The van der Waals surface area contributed by atoms with Crippen molar-refractivity contribution in [3.63, 3.8) is 0 Å².